The van der Waals surface area contributed by atoms with Crippen LogP contribution in [0, 0.1) is 5.82 Å². The maximum absolute atomic E-state index is 13.8. The van der Waals surface area contributed by atoms with Crippen LogP contribution >= 0.6 is 0 Å². The molecule has 0 spiro atoms. The predicted octanol–water partition coefficient (Wildman–Crippen LogP) is 4.18. The molecule has 0 aliphatic carbocycles. The van der Waals surface area contributed by atoms with E-state index in [1.165, 1.54) is 28.1 Å². The fourth-order valence-corrected chi connectivity index (χ4v) is 3.65. The van der Waals surface area contributed by atoms with Crippen molar-refractivity contribution < 1.29 is 9.18 Å². The molecule has 1 amide bonds. The molecule has 0 bridgehead atoms. The molecule has 0 atom stereocenters. The Morgan fingerprint density at radius 3 is 2.65 bits per heavy atom. The van der Waals surface area contributed by atoms with Crippen LogP contribution in [0.2, 0.25) is 0 Å². The Hall–Kier alpha value is -2.88. The zero-order valence-corrected chi connectivity index (χ0v) is 14.8. The molecule has 0 N–H and O–H groups in total. The van der Waals surface area contributed by atoms with E-state index in [2.05, 4.69) is 42.1 Å². The van der Waals surface area contributed by atoms with Gasteiger partial charge in [-0.15, -0.1) is 0 Å². The van der Waals surface area contributed by atoms with Gasteiger partial charge in [0.15, 0.2) is 0 Å². The number of hydrogen-bond acceptors (Lipinski definition) is 1. The van der Waals surface area contributed by atoms with Gasteiger partial charge in [0.05, 0.1) is 6.42 Å². The fourth-order valence-electron chi connectivity index (χ4n) is 3.65. The lowest BCUT2D eigenvalue weighted by Crippen LogP contribution is -2.35. The van der Waals surface area contributed by atoms with Gasteiger partial charge in [-0.2, -0.15) is 0 Å². The van der Waals surface area contributed by atoms with Crippen molar-refractivity contribution in [3.8, 4) is 0 Å². The molecular formula is C22H21FN2O. The number of fused-ring (bicyclic) bond motifs is 1. The first kappa shape index (κ1) is 16.6. The van der Waals surface area contributed by atoms with Gasteiger partial charge in [0, 0.05) is 42.8 Å². The van der Waals surface area contributed by atoms with Gasteiger partial charge < -0.3 is 9.47 Å². The lowest BCUT2D eigenvalue weighted by atomic mass is 9.98. The molecule has 26 heavy (non-hydrogen) atoms. The first-order valence-electron chi connectivity index (χ1n) is 8.88. The Kier molecular flexibility index (Phi) is 4.33. The van der Waals surface area contributed by atoms with E-state index in [4.69, 9.17) is 0 Å². The number of rotatable bonds is 3. The zero-order chi connectivity index (χ0) is 18.1. The Bertz CT molecular complexity index is 1000. The van der Waals surface area contributed by atoms with Crippen LogP contribution < -0.4 is 0 Å². The van der Waals surface area contributed by atoms with E-state index in [1.807, 2.05) is 6.07 Å². The zero-order valence-electron chi connectivity index (χ0n) is 14.8. The number of para-hydroxylation sites is 1. The standard InChI is InChI=1S/C22H21FN2O/c1-24-15-19(18-7-3-5-9-21(18)24)16-10-12-25(13-11-16)22(26)14-17-6-2-4-8-20(17)23/h2-10,15H,11-14H2,1H3. The van der Waals surface area contributed by atoms with Crippen molar-refractivity contribution in [1.29, 1.82) is 0 Å². The molecule has 0 radical (unpaired) electrons. The molecule has 1 aliphatic heterocycles. The molecule has 4 heteroatoms. The number of carbonyl (C=O) groups is 1. The number of carbonyl (C=O) groups excluding carboxylic acids is 1. The maximum atomic E-state index is 13.8. The summed E-state index contributed by atoms with van der Waals surface area (Å²) in [5.41, 5.74) is 4.18. The third-order valence-corrected chi connectivity index (χ3v) is 5.10. The number of hydrogen-bond donors (Lipinski definition) is 0. The number of aromatic nitrogens is 1. The minimum Gasteiger partial charge on any atom is -0.350 e. The molecule has 1 aliphatic rings. The molecule has 4 rings (SSSR count). The third-order valence-electron chi connectivity index (χ3n) is 5.10. The first-order chi connectivity index (χ1) is 12.6. The van der Waals surface area contributed by atoms with Crippen LogP contribution in [0.25, 0.3) is 16.5 Å². The summed E-state index contributed by atoms with van der Waals surface area (Å²) in [6.45, 7) is 1.24. The quantitative estimate of drug-likeness (QED) is 0.697. The highest BCUT2D eigenvalue weighted by Gasteiger charge is 2.20. The minimum absolute atomic E-state index is 0.0247. The van der Waals surface area contributed by atoms with Gasteiger partial charge in [-0.3, -0.25) is 4.79 Å². The Morgan fingerprint density at radius 1 is 1.12 bits per heavy atom. The van der Waals surface area contributed by atoms with Gasteiger partial charge in [0.2, 0.25) is 5.91 Å². The second-order valence-corrected chi connectivity index (χ2v) is 6.76. The van der Waals surface area contributed by atoms with Crippen LogP contribution in [-0.4, -0.2) is 28.5 Å². The van der Waals surface area contributed by atoms with Crippen LogP contribution in [0.5, 0.6) is 0 Å². The Morgan fingerprint density at radius 2 is 1.88 bits per heavy atom. The molecule has 0 saturated carbocycles. The Balaban J connectivity index is 1.51. The van der Waals surface area contributed by atoms with Crippen LogP contribution in [0.1, 0.15) is 17.5 Å². The number of halogens is 1. The van der Waals surface area contributed by atoms with Crippen molar-refractivity contribution in [3.63, 3.8) is 0 Å². The van der Waals surface area contributed by atoms with Gasteiger partial charge in [-0.05, 0) is 29.7 Å². The highest BCUT2D eigenvalue weighted by atomic mass is 19.1. The van der Waals surface area contributed by atoms with E-state index in [-0.39, 0.29) is 18.1 Å². The van der Waals surface area contributed by atoms with E-state index in [9.17, 15) is 9.18 Å². The molecule has 3 aromatic rings. The van der Waals surface area contributed by atoms with Crippen molar-refractivity contribution in [2.24, 2.45) is 7.05 Å². The summed E-state index contributed by atoms with van der Waals surface area (Å²) in [4.78, 5) is 14.3. The lowest BCUT2D eigenvalue weighted by Gasteiger charge is -2.26. The second-order valence-electron chi connectivity index (χ2n) is 6.76. The van der Waals surface area contributed by atoms with Gasteiger partial charge in [-0.25, -0.2) is 4.39 Å². The number of aryl methyl sites for hydroxylation is 1. The van der Waals surface area contributed by atoms with E-state index >= 15 is 0 Å². The van der Waals surface area contributed by atoms with Crippen LogP contribution in [-0.2, 0) is 18.3 Å². The highest BCUT2D eigenvalue weighted by molar-refractivity contribution is 5.93. The van der Waals surface area contributed by atoms with Crippen LogP contribution in [0.15, 0.2) is 60.8 Å². The smallest absolute Gasteiger partial charge is 0.227 e. The SMILES string of the molecule is Cn1cc(C2=CCN(C(=O)Cc3ccccc3F)CC2)c2ccccc21. The fraction of sp³-hybridized carbons (Fsp3) is 0.227. The largest absolute Gasteiger partial charge is 0.350 e. The monoisotopic (exact) mass is 348 g/mol. The second kappa shape index (κ2) is 6.79. The van der Waals surface area contributed by atoms with Gasteiger partial charge in [0.25, 0.3) is 0 Å². The summed E-state index contributed by atoms with van der Waals surface area (Å²) in [7, 11) is 2.06. The van der Waals surface area contributed by atoms with Crippen LogP contribution in [0.4, 0.5) is 4.39 Å². The average molecular weight is 348 g/mol. The van der Waals surface area contributed by atoms with Crippen molar-refractivity contribution in [2.45, 2.75) is 12.8 Å². The molecular weight excluding hydrogens is 327 g/mol. The molecule has 1 aromatic heterocycles. The Labute approximate surface area is 152 Å². The maximum Gasteiger partial charge on any atom is 0.227 e. The summed E-state index contributed by atoms with van der Waals surface area (Å²) in [5, 5.41) is 1.24. The summed E-state index contributed by atoms with van der Waals surface area (Å²) in [6, 6.07) is 14.8. The number of benzene rings is 2. The van der Waals surface area contributed by atoms with Crippen LogP contribution in [0.3, 0.4) is 0 Å². The van der Waals surface area contributed by atoms with Gasteiger partial charge in [0.1, 0.15) is 5.82 Å². The molecule has 0 unspecified atom stereocenters. The summed E-state index contributed by atoms with van der Waals surface area (Å²) in [6.07, 6.45) is 5.22. The third kappa shape index (κ3) is 3.03. The molecule has 0 saturated heterocycles. The topological polar surface area (TPSA) is 25.2 Å². The van der Waals surface area contributed by atoms with E-state index in [1.54, 1.807) is 23.1 Å². The van der Waals surface area contributed by atoms with E-state index in [0.29, 0.717) is 18.7 Å². The molecule has 132 valence electrons. The summed E-state index contributed by atoms with van der Waals surface area (Å²) < 4.78 is 15.9. The van der Waals surface area contributed by atoms with Crippen molar-refractivity contribution in [3.05, 3.63) is 77.7 Å². The number of nitrogens with zero attached hydrogens (tertiary/aromatic N) is 2. The van der Waals surface area contributed by atoms with Crippen molar-refractivity contribution in [1.82, 2.24) is 9.47 Å². The lowest BCUT2D eigenvalue weighted by molar-refractivity contribution is -0.130. The molecule has 3 nitrogen and oxygen atoms in total. The molecule has 0 fully saturated rings. The molecule has 2 heterocycles. The minimum atomic E-state index is -0.315. The predicted molar refractivity (Wildman–Crippen MR) is 102 cm³/mol. The highest BCUT2D eigenvalue weighted by Crippen LogP contribution is 2.30. The van der Waals surface area contributed by atoms with Gasteiger partial charge >= 0.3 is 0 Å². The molecule has 2 aromatic carbocycles. The van der Waals surface area contributed by atoms with E-state index < -0.39 is 0 Å². The van der Waals surface area contributed by atoms with Crippen molar-refractivity contribution in [2.75, 3.05) is 13.1 Å². The van der Waals surface area contributed by atoms with E-state index in [0.717, 1.165) is 6.42 Å². The normalized spacial score (nSPS) is 14.5. The number of amides is 1. The summed E-state index contributed by atoms with van der Waals surface area (Å²) in [5.74, 6) is -0.340. The van der Waals surface area contributed by atoms with Crippen molar-refractivity contribution >= 4 is 22.4 Å². The van der Waals surface area contributed by atoms with Gasteiger partial charge in [-0.1, -0.05) is 42.5 Å². The average Bonchev–Trinajstić information content (AvgIpc) is 3.01. The summed E-state index contributed by atoms with van der Waals surface area (Å²) >= 11 is 0. The first-order valence-corrected chi connectivity index (χ1v) is 8.88.